The number of carbonyl (C=O) groups is 1. The SMILES string of the molecule is COc1cc([C@@H]2CC(=O)Nc3c2cnn3Cc2ccco2)cc2c1OCCO2. The van der Waals surface area contributed by atoms with Gasteiger partial charge < -0.3 is 23.9 Å². The van der Waals surface area contributed by atoms with Crippen LogP contribution in [0.4, 0.5) is 5.82 Å². The van der Waals surface area contributed by atoms with Gasteiger partial charge in [0.1, 0.15) is 31.3 Å². The second-order valence-electron chi connectivity index (χ2n) is 6.74. The standard InChI is InChI=1S/C20H19N3O5/c1-25-16-7-12(8-17-19(16)28-6-5-27-17)14-9-18(24)22-20-15(14)10-21-23(20)11-13-3-2-4-26-13/h2-4,7-8,10,14H,5-6,9,11H2,1H3,(H,22,24)/t14-/m0/s1. The summed E-state index contributed by atoms with van der Waals surface area (Å²) in [6.07, 6.45) is 3.74. The summed E-state index contributed by atoms with van der Waals surface area (Å²) >= 11 is 0. The molecule has 0 bridgehead atoms. The fourth-order valence-electron chi connectivity index (χ4n) is 3.73. The molecule has 0 saturated carbocycles. The monoisotopic (exact) mass is 381 g/mol. The Kier molecular flexibility index (Phi) is 3.96. The fraction of sp³-hybridized carbons (Fsp3) is 0.300. The zero-order chi connectivity index (χ0) is 19.1. The first kappa shape index (κ1) is 16.7. The first-order valence-electron chi connectivity index (χ1n) is 9.08. The van der Waals surface area contributed by atoms with Crippen LogP contribution in [0.15, 0.2) is 41.1 Å². The van der Waals surface area contributed by atoms with Gasteiger partial charge in [-0.15, -0.1) is 0 Å². The van der Waals surface area contributed by atoms with Crippen LogP contribution >= 0.6 is 0 Å². The largest absolute Gasteiger partial charge is 0.493 e. The molecule has 1 N–H and O–H groups in total. The molecule has 28 heavy (non-hydrogen) atoms. The highest BCUT2D eigenvalue weighted by Gasteiger charge is 2.32. The highest BCUT2D eigenvalue weighted by atomic mass is 16.6. The van der Waals surface area contributed by atoms with Crippen molar-refractivity contribution in [3.8, 4) is 17.2 Å². The molecule has 4 heterocycles. The number of amides is 1. The zero-order valence-electron chi connectivity index (χ0n) is 15.3. The number of rotatable bonds is 4. The van der Waals surface area contributed by atoms with E-state index in [-0.39, 0.29) is 11.8 Å². The zero-order valence-corrected chi connectivity index (χ0v) is 15.3. The van der Waals surface area contributed by atoms with E-state index >= 15 is 0 Å². The lowest BCUT2D eigenvalue weighted by atomic mass is 9.87. The molecular weight excluding hydrogens is 362 g/mol. The number of furan rings is 1. The minimum absolute atomic E-state index is 0.0625. The average Bonchev–Trinajstić information content (AvgIpc) is 3.37. The molecule has 5 rings (SSSR count). The van der Waals surface area contributed by atoms with Gasteiger partial charge in [0.15, 0.2) is 11.5 Å². The van der Waals surface area contributed by atoms with Crippen molar-refractivity contribution >= 4 is 11.7 Å². The summed E-state index contributed by atoms with van der Waals surface area (Å²) in [4.78, 5) is 12.4. The number of benzene rings is 1. The maximum absolute atomic E-state index is 12.4. The van der Waals surface area contributed by atoms with Crippen molar-refractivity contribution in [1.82, 2.24) is 9.78 Å². The molecule has 0 aliphatic carbocycles. The molecule has 144 valence electrons. The minimum atomic E-state index is -0.154. The van der Waals surface area contributed by atoms with E-state index in [1.165, 1.54) is 0 Å². The lowest BCUT2D eigenvalue weighted by Crippen LogP contribution is -2.25. The van der Waals surface area contributed by atoms with E-state index in [4.69, 9.17) is 18.6 Å². The third kappa shape index (κ3) is 2.77. The molecule has 2 aliphatic heterocycles. The van der Waals surface area contributed by atoms with E-state index in [1.54, 1.807) is 24.3 Å². The first-order valence-corrected chi connectivity index (χ1v) is 9.08. The number of hydrogen-bond acceptors (Lipinski definition) is 6. The molecule has 0 saturated heterocycles. The molecule has 1 aromatic carbocycles. The van der Waals surface area contributed by atoms with E-state index in [2.05, 4.69) is 10.4 Å². The summed E-state index contributed by atoms with van der Waals surface area (Å²) in [5.74, 6) is 3.08. The highest BCUT2D eigenvalue weighted by Crippen LogP contribution is 2.45. The molecule has 0 fully saturated rings. The van der Waals surface area contributed by atoms with Gasteiger partial charge in [0.05, 0.1) is 19.6 Å². The minimum Gasteiger partial charge on any atom is -0.493 e. The van der Waals surface area contributed by atoms with Crippen molar-refractivity contribution in [2.24, 2.45) is 0 Å². The number of anilines is 1. The van der Waals surface area contributed by atoms with Crippen LogP contribution in [0.25, 0.3) is 0 Å². The predicted octanol–water partition coefficient (Wildman–Crippen LogP) is 2.78. The van der Waals surface area contributed by atoms with Crippen molar-refractivity contribution in [3.05, 3.63) is 53.6 Å². The van der Waals surface area contributed by atoms with Crippen molar-refractivity contribution in [2.45, 2.75) is 18.9 Å². The number of hydrogen-bond donors (Lipinski definition) is 1. The first-order chi connectivity index (χ1) is 13.7. The van der Waals surface area contributed by atoms with Gasteiger partial charge in [-0.05, 0) is 29.8 Å². The highest BCUT2D eigenvalue weighted by molar-refractivity contribution is 5.94. The van der Waals surface area contributed by atoms with Gasteiger partial charge in [0.2, 0.25) is 11.7 Å². The van der Waals surface area contributed by atoms with Gasteiger partial charge in [-0.1, -0.05) is 0 Å². The summed E-state index contributed by atoms with van der Waals surface area (Å²) in [6.45, 7) is 1.41. The molecule has 0 radical (unpaired) electrons. The number of carbonyl (C=O) groups excluding carboxylic acids is 1. The second kappa shape index (κ2) is 6.63. The lowest BCUT2D eigenvalue weighted by molar-refractivity contribution is -0.116. The lowest BCUT2D eigenvalue weighted by Gasteiger charge is -2.26. The topological polar surface area (TPSA) is 87.8 Å². The van der Waals surface area contributed by atoms with E-state index in [0.29, 0.717) is 49.2 Å². The normalized spacial score (nSPS) is 17.8. The van der Waals surface area contributed by atoms with Crippen molar-refractivity contribution < 1.29 is 23.4 Å². The molecular formula is C20H19N3O5. The molecule has 0 unspecified atom stereocenters. The van der Waals surface area contributed by atoms with Gasteiger partial charge in [0.25, 0.3) is 0 Å². The van der Waals surface area contributed by atoms with Gasteiger partial charge in [-0.25, -0.2) is 4.68 Å². The van der Waals surface area contributed by atoms with Gasteiger partial charge in [-0.2, -0.15) is 5.10 Å². The molecule has 1 atom stereocenters. The maximum Gasteiger partial charge on any atom is 0.226 e. The smallest absolute Gasteiger partial charge is 0.226 e. The molecule has 8 heteroatoms. The summed E-state index contributed by atoms with van der Waals surface area (Å²) in [5, 5.41) is 7.41. The summed E-state index contributed by atoms with van der Waals surface area (Å²) in [7, 11) is 1.59. The quantitative estimate of drug-likeness (QED) is 0.748. The van der Waals surface area contributed by atoms with Crippen molar-refractivity contribution in [3.63, 3.8) is 0 Å². The number of nitrogens with zero attached hydrogens (tertiary/aromatic N) is 2. The van der Waals surface area contributed by atoms with Crippen molar-refractivity contribution in [2.75, 3.05) is 25.6 Å². The number of ether oxygens (including phenoxy) is 3. The Morgan fingerprint density at radius 2 is 2.21 bits per heavy atom. The number of nitrogens with one attached hydrogen (secondary N) is 1. The predicted molar refractivity (Wildman–Crippen MR) is 99.1 cm³/mol. The van der Waals surface area contributed by atoms with Crippen LogP contribution in [0.5, 0.6) is 17.2 Å². The van der Waals surface area contributed by atoms with Crippen LogP contribution in [0.2, 0.25) is 0 Å². The van der Waals surface area contributed by atoms with Crippen LogP contribution < -0.4 is 19.5 Å². The second-order valence-corrected chi connectivity index (χ2v) is 6.74. The van der Waals surface area contributed by atoms with E-state index < -0.39 is 0 Å². The van der Waals surface area contributed by atoms with E-state index in [0.717, 1.165) is 16.9 Å². The Bertz CT molecular complexity index is 1010. The van der Waals surface area contributed by atoms with Gasteiger partial charge >= 0.3 is 0 Å². The Hall–Kier alpha value is -3.42. The average molecular weight is 381 g/mol. The fourth-order valence-corrected chi connectivity index (χ4v) is 3.73. The van der Waals surface area contributed by atoms with Crippen LogP contribution in [-0.2, 0) is 11.3 Å². The molecule has 3 aromatic rings. The number of aromatic nitrogens is 2. The Balaban J connectivity index is 1.55. The van der Waals surface area contributed by atoms with Crippen LogP contribution in [-0.4, -0.2) is 36.0 Å². The molecule has 2 aromatic heterocycles. The van der Waals surface area contributed by atoms with Gasteiger partial charge in [-0.3, -0.25) is 4.79 Å². The molecule has 1 amide bonds. The summed E-state index contributed by atoms with van der Waals surface area (Å²) in [6, 6.07) is 7.54. The third-order valence-corrected chi connectivity index (χ3v) is 5.03. The van der Waals surface area contributed by atoms with Crippen LogP contribution in [0.1, 0.15) is 29.2 Å². The maximum atomic E-state index is 12.4. The Morgan fingerprint density at radius 1 is 1.32 bits per heavy atom. The Morgan fingerprint density at radius 3 is 3.04 bits per heavy atom. The summed E-state index contributed by atoms with van der Waals surface area (Å²) < 4.78 is 24.1. The van der Waals surface area contributed by atoms with Gasteiger partial charge in [0, 0.05) is 17.9 Å². The Labute approximate surface area is 161 Å². The van der Waals surface area contributed by atoms with Crippen molar-refractivity contribution in [1.29, 1.82) is 0 Å². The molecule has 8 nitrogen and oxygen atoms in total. The summed E-state index contributed by atoms with van der Waals surface area (Å²) in [5.41, 5.74) is 1.87. The third-order valence-electron chi connectivity index (χ3n) is 5.03. The van der Waals surface area contributed by atoms with E-state index in [1.807, 2.05) is 24.3 Å². The molecule has 0 spiro atoms. The van der Waals surface area contributed by atoms with Crippen LogP contribution in [0, 0.1) is 0 Å². The molecule has 2 aliphatic rings. The number of fused-ring (bicyclic) bond motifs is 2. The van der Waals surface area contributed by atoms with Crippen LogP contribution in [0.3, 0.4) is 0 Å². The van der Waals surface area contributed by atoms with E-state index in [9.17, 15) is 4.79 Å². The number of methoxy groups -OCH3 is 1.